The van der Waals surface area contributed by atoms with Crippen LogP contribution < -0.4 is 11.1 Å². The van der Waals surface area contributed by atoms with Gasteiger partial charge in [0.05, 0.1) is 5.56 Å². The van der Waals surface area contributed by atoms with Gasteiger partial charge in [-0.05, 0) is 26.0 Å². The maximum Gasteiger partial charge on any atom is 0.253 e. The molecule has 1 heterocycles. The Morgan fingerprint density at radius 1 is 1.71 bits per heavy atom. The lowest BCUT2D eigenvalue weighted by Crippen LogP contribution is -2.36. The normalized spacial score (nSPS) is 13.2. The molecule has 0 aliphatic heterocycles. The predicted octanol–water partition coefficient (Wildman–Crippen LogP) is 0.645. The standard InChI is InChI=1S/C11H16N4O2/c1-7(6-10(12)15-17)14-11(16)9-4-3-5-13-8(9)2/h3-5,7,17H,6H2,1-2H3,(H2,12,15)(H,14,16). The van der Waals surface area contributed by atoms with Gasteiger partial charge >= 0.3 is 0 Å². The molecule has 4 N–H and O–H groups in total. The van der Waals surface area contributed by atoms with Gasteiger partial charge in [0.15, 0.2) is 0 Å². The number of nitrogens with two attached hydrogens (primary N) is 1. The van der Waals surface area contributed by atoms with E-state index >= 15 is 0 Å². The van der Waals surface area contributed by atoms with Crippen molar-refractivity contribution < 1.29 is 10.0 Å². The molecule has 0 aromatic carbocycles. The molecule has 1 aromatic rings. The first-order valence-corrected chi connectivity index (χ1v) is 5.23. The molecule has 92 valence electrons. The monoisotopic (exact) mass is 236 g/mol. The number of amides is 1. The fourth-order valence-corrected chi connectivity index (χ4v) is 1.43. The SMILES string of the molecule is Cc1ncccc1C(=O)NC(C)C/C(N)=N/O. The molecule has 0 spiro atoms. The molecule has 0 aliphatic carbocycles. The van der Waals surface area contributed by atoms with Gasteiger partial charge in [0.1, 0.15) is 5.84 Å². The summed E-state index contributed by atoms with van der Waals surface area (Å²) < 4.78 is 0. The van der Waals surface area contributed by atoms with Crippen LogP contribution in [0.2, 0.25) is 0 Å². The Hall–Kier alpha value is -2.11. The molecule has 17 heavy (non-hydrogen) atoms. The summed E-state index contributed by atoms with van der Waals surface area (Å²) in [5, 5.41) is 14.0. The molecule has 1 rings (SSSR count). The lowest BCUT2D eigenvalue weighted by molar-refractivity contribution is 0.0940. The number of pyridine rings is 1. The average Bonchev–Trinajstić information content (AvgIpc) is 2.29. The van der Waals surface area contributed by atoms with Crippen molar-refractivity contribution in [3.8, 4) is 0 Å². The second kappa shape index (κ2) is 5.83. The third-order valence-corrected chi connectivity index (χ3v) is 2.27. The lowest BCUT2D eigenvalue weighted by atomic mass is 10.1. The van der Waals surface area contributed by atoms with Crippen LogP contribution in [0.1, 0.15) is 29.4 Å². The van der Waals surface area contributed by atoms with Crippen LogP contribution in [0, 0.1) is 6.92 Å². The Kier molecular flexibility index (Phi) is 4.45. The minimum Gasteiger partial charge on any atom is -0.409 e. The van der Waals surface area contributed by atoms with Gasteiger partial charge in [0.25, 0.3) is 5.91 Å². The van der Waals surface area contributed by atoms with Crippen LogP contribution in [-0.2, 0) is 0 Å². The van der Waals surface area contributed by atoms with Gasteiger partial charge in [-0.15, -0.1) is 0 Å². The van der Waals surface area contributed by atoms with Crippen LogP contribution in [0.15, 0.2) is 23.5 Å². The smallest absolute Gasteiger partial charge is 0.253 e. The zero-order valence-electron chi connectivity index (χ0n) is 9.84. The van der Waals surface area contributed by atoms with Crippen LogP contribution in [0.5, 0.6) is 0 Å². The zero-order valence-corrected chi connectivity index (χ0v) is 9.84. The number of nitrogens with one attached hydrogen (secondary N) is 1. The molecule has 0 saturated carbocycles. The number of aryl methyl sites for hydroxylation is 1. The van der Waals surface area contributed by atoms with Crippen LogP contribution in [-0.4, -0.2) is 28.0 Å². The van der Waals surface area contributed by atoms with E-state index in [-0.39, 0.29) is 17.8 Å². The molecule has 1 unspecified atom stereocenters. The molecular formula is C11H16N4O2. The number of aromatic nitrogens is 1. The van der Waals surface area contributed by atoms with Crippen molar-refractivity contribution >= 4 is 11.7 Å². The molecule has 1 amide bonds. The highest BCUT2D eigenvalue weighted by Crippen LogP contribution is 2.04. The molecule has 0 saturated heterocycles. The molecule has 1 aromatic heterocycles. The quantitative estimate of drug-likeness (QED) is 0.309. The lowest BCUT2D eigenvalue weighted by Gasteiger charge is -2.13. The van der Waals surface area contributed by atoms with E-state index in [1.807, 2.05) is 0 Å². The number of amidine groups is 1. The number of rotatable bonds is 4. The molecular weight excluding hydrogens is 220 g/mol. The van der Waals surface area contributed by atoms with Crippen LogP contribution in [0.3, 0.4) is 0 Å². The van der Waals surface area contributed by atoms with Gasteiger partial charge in [-0.2, -0.15) is 0 Å². The van der Waals surface area contributed by atoms with Crippen molar-refractivity contribution in [2.45, 2.75) is 26.3 Å². The number of nitrogens with zero attached hydrogens (tertiary/aromatic N) is 2. The van der Waals surface area contributed by atoms with Crippen molar-refractivity contribution in [2.24, 2.45) is 10.9 Å². The summed E-state index contributed by atoms with van der Waals surface area (Å²) in [6, 6.07) is 3.20. The Labute approximate surface area is 99.5 Å². The van der Waals surface area contributed by atoms with E-state index in [1.54, 1.807) is 32.2 Å². The first kappa shape index (κ1) is 13.0. The van der Waals surface area contributed by atoms with Crippen LogP contribution in [0.4, 0.5) is 0 Å². The highest BCUT2D eigenvalue weighted by Gasteiger charge is 2.13. The number of oxime groups is 1. The van der Waals surface area contributed by atoms with Crippen molar-refractivity contribution in [3.05, 3.63) is 29.6 Å². The summed E-state index contributed by atoms with van der Waals surface area (Å²) in [6.07, 6.45) is 1.92. The summed E-state index contributed by atoms with van der Waals surface area (Å²) in [4.78, 5) is 15.9. The largest absolute Gasteiger partial charge is 0.409 e. The number of carbonyl (C=O) groups is 1. The molecule has 0 fully saturated rings. The molecule has 6 heteroatoms. The summed E-state index contributed by atoms with van der Waals surface area (Å²) >= 11 is 0. The third-order valence-electron chi connectivity index (χ3n) is 2.27. The Morgan fingerprint density at radius 3 is 3.00 bits per heavy atom. The van der Waals surface area contributed by atoms with Gasteiger partial charge < -0.3 is 16.3 Å². The maximum absolute atomic E-state index is 11.9. The van der Waals surface area contributed by atoms with Gasteiger partial charge in [-0.25, -0.2) is 0 Å². The van der Waals surface area contributed by atoms with Gasteiger partial charge in [-0.1, -0.05) is 5.16 Å². The van der Waals surface area contributed by atoms with E-state index in [4.69, 9.17) is 10.9 Å². The Balaban J connectivity index is 2.64. The van der Waals surface area contributed by atoms with Gasteiger partial charge in [-0.3, -0.25) is 9.78 Å². The van der Waals surface area contributed by atoms with E-state index in [0.717, 1.165) is 0 Å². The molecule has 6 nitrogen and oxygen atoms in total. The average molecular weight is 236 g/mol. The summed E-state index contributed by atoms with van der Waals surface area (Å²) in [6.45, 7) is 3.55. The minimum absolute atomic E-state index is 0.0840. The van der Waals surface area contributed by atoms with Gasteiger partial charge in [0, 0.05) is 24.4 Å². The van der Waals surface area contributed by atoms with Gasteiger partial charge in [0.2, 0.25) is 0 Å². The highest BCUT2D eigenvalue weighted by atomic mass is 16.4. The van der Waals surface area contributed by atoms with E-state index in [9.17, 15) is 4.79 Å². The van der Waals surface area contributed by atoms with Crippen molar-refractivity contribution in [1.82, 2.24) is 10.3 Å². The summed E-state index contributed by atoms with van der Waals surface area (Å²) in [7, 11) is 0. The molecule has 0 aliphatic rings. The van der Waals surface area contributed by atoms with E-state index in [2.05, 4.69) is 15.5 Å². The molecule has 0 bridgehead atoms. The van der Waals surface area contributed by atoms with Crippen LogP contribution in [0.25, 0.3) is 0 Å². The first-order valence-electron chi connectivity index (χ1n) is 5.23. The van der Waals surface area contributed by atoms with Crippen molar-refractivity contribution in [1.29, 1.82) is 0 Å². The fourth-order valence-electron chi connectivity index (χ4n) is 1.43. The molecule has 0 radical (unpaired) electrons. The van der Waals surface area contributed by atoms with E-state index < -0.39 is 0 Å². The number of hydrogen-bond donors (Lipinski definition) is 3. The third kappa shape index (κ3) is 3.75. The highest BCUT2D eigenvalue weighted by molar-refractivity contribution is 5.95. The Bertz CT molecular complexity index is 431. The molecule has 1 atom stereocenters. The second-order valence-electron chi connectivity index (χ2n) is 3.81. The number of hydrogen-bond acceptors (Lipinski definition) is 4. The number of carbonyl (C=O) groups excluding carboxylic acids is 1. The summed E-state index contributed by atoms with van der Waals surface area (Å²) in [5.74, 6) is -0.130. The minimum atomic E-state index is -0.214. The zero-order chi connectivity index (χ0) is 12.8. The maximum atomic E-state index is 11.9. The van der Waals surface area contributed by atoms with Crippen molar-refractivity contribution in [2.75, 3.05) is 0 Å². The van der Waals surface area contributed by atoms with E-state index in [1.165, 1.54) is 0 Å². The topological polar surface area (TPSA) is 101 Å². The second-order valence-corrected chi connectivity index (χ2v) is 3.81. The van der Waals surface area contributed by atoms with E-state index in [0.29, 0.717) is 17.7 Å². The van der Waals surface area contributed by atoms with Crippen molar-refractivity contribution in [3.63, 3.8) is 0 Å². The fraction of sp³-hybridized carbons (Fsp3) is 0.364. The van der Waals surface area contributed by atoms with Crippen LogP contribution >= 0.6 is 0 Å². The first-order chi connectivity index (χ1) is 8.04. The Morgan fingerprint density at radius 2 is 2.41 bits per heavy atom. The predicted molar refractivity (Wildman–Crippen MR) is 63.9 cm³/mol. The summed E-state index contributed by atoms with van der Waals surface area (Å²) in [5.41, 5.74) is 6.55.